The van der Waals surface area contributed by atoms with Gasteiger partial charge in [-0.25, -0.2) is 9.37 Å². The summed E-state index contributed by atoms with van der Waals surface area (Å²) >= 11 is 1.56. The minimum absolute atomic E-state index is 0.227. The predicted octanol–water partition coefficient (Wildman–Crippen LogP) is 3.06. The summed E-state index contributed by atoms with van der Waals surface area (Å²) in [6, 6.07) is 6.39. The third kappa shape index (κ3) is 3.39. The first-order chi connectivity index (χ1) is 8.79. The average Bonchev–Trinajstić information content (AvgIpc) is 2.84. The lowest BCUT2D eigenvalue weighted by Gasteiger charge is -1.97. The number of aromatic nitrogens is 1. The molecular weight excluding hydrogens is 247 g/mol. The molecule has 2 rings (SSSR count). The van der Waals surface area contributed by atoms with Crippen LogP contribution in [0.2, 0.25) is 0 Å². The molecule has 0 unspecified atom stereocenters. The minimum atomic E-state index is -0.227. The summed E-state index contributed by atoms with van der Waals surface area (Å²) in [4.78, 5) is 4.49. The minimum Gasteiger partial charge on any atom is -0.301 e. The maximum Gasteiger partial charge on any atom is 0.123 e. The van der Waals surface area contributed by atoms with Crippen molar-refractivity contribution in [3.8, 4) is 22.4 Å². The van der Waals surface area contributed by atoms with E-state index in [1.54, 1.807) is 23.5 Å². The van der Waals surface area contributed by atoms with E-state index in [4.69, 9.17) is 0 Å². The van der Waals surface area contributed by atoms with E-state index in [1.165, 1.54) is 12.1 Å². The Hall–Kier alpha value is -1.70. The highest BCUT2D eigenvalue weighted by Gasteiger charge is 2.04. The fraction of sp³-hybridized carbons (Fsp3) is 0.214. The first-order valence-electron chi connectivity index (χ1n) is 5.60. The Morgan fingerprint density at radius 2 is 2.11 bits per heavy atom. The largest absolute Gasteiger partial charge is 0.301 e. The van der Waals surface area contributed by atoms with Crippen LogP contribution in [0.5, 0.6) is 0 Å². The van der Waals surface area contributed by atoms with E-state index in [0.29, 0.717) is 13.1 Å². The van der Waals surface area contributed by atoms with Gasteiger partial charge in [-0.3, -0.25) is 0 Å². The molecule has 1 aromatic heterocycles. The molecule has 1 heterocycles. The highest BCUT2D eigenvalue weighted by molar-refractivity contribution is 7.13. The summed E-state index contributed by atoms with van der Waals surface area (Å²) in [7, 11) is 0. The second kappa shape index (κ2) is 6.29. The highest BCUT2D eigenvalue weighted by Crippen LogP contribution is 2.23. The molecule has 2 nitrogen and oxygen atoms in total. The first-order valence-corrected chi connectivity index (χ1v) is 6.48. The number of hydrogen-bond acceptors (Lipinski definition) is 3. The predicted molar refractivity (Wildman–Crippen MR) is 72.7 cm³/mol. The van der Waals surface area contributed by atoms with E-state index < -0.39 is 0 Å². The summed E-state index contributed by atoms with van der Waals surface area (Å²) in [5.74, 6) is 5.53. The SMILES string of the molecule is CC#CCNCc1csc(-c2ccc(F)cc2)n1. The number of thiazole rings is 1. The standard InChI is InChI=1S/C14H13FN2S/c1-2-3-8-16-9-13-10-18-14(17-13)11-4-6-12(15)7-5-11/h4-7,10,16H,8-9H2,1H3. The second-order valence-electron chi connectivity index (χ2n) is 3.68. The van der Waals surface area contributed by atoms with Crippen LogP contribution in [0.25, 0.3) is 10.6 Å². The van der Waals surface area contributed by atoms with E-state index in [2.05, 4.69) is 22.1 Å². The van der Waals surface area contributed by atoms with Gasteiger partial charge in [0.25, 0.3) is 0 Å². The summed E-state index contributed by atoms with van der Waals surface area (Å²) in [6.07, 6.45) is 0. The van der Waals surface area contributed by atoms with Crippen molar-refractivity contribution in [2.75, 3.05) is 6.54 Å². The van der Waals surface area contributed by atoms with Crippen LogP contribution in [0.4, 0.5) is 4.39 Å². The molecule has 18 heavy (non-hydrogen) atoms. The van der Waals surface area contributed by atoms with Crippen LogP contribution in [0.3, 0.4) is 0 Å². The smallest absolute Gasteiger partial charge is 0.123 e. The quantitative estimate of drug-likeness (QED) is 0.675. The molecular formula is C14H13FN2S. The third-order valence-corrected chi connectivity index (χ3v) is 3.28. The van der Waals surface area contributed by atoms with Gasteiger partial charge in [0.1, 0.15) is 10.8 Å². The number of nitrogens with zero attached hydrogens (tertiary/aromatic N) is 1. The molecule has 0 spiro atoms. The molecule has 0 saturated heterocycles. The van der Waals surface area contributed by atoms with Crippen molar-refractivity contribution in [1.29, 1.82) is 0 Å². The number of benzene rings is 1. The topological polar surface area (TPSA) is 24.9 Å². The number of hydrogen-bond donors (Lipinski definition) is 1. The molecule has 4 heteroatoms. The summed E-state index contributed by atoms with van der Waals surface area (Å²) in [5, 5.41) is 6.10. The average molecular weight is 260 g/mol. The molecule has 0 atom stereocenters. The maximum absolute atomic E-state index is 12.8. The fourth-order valence-electron chi connectivity index (χ4n) is 1.45. The van der Waals surface area contributed by atoms with Crippen LogP contribution in [-0.4, -0.2) is 11.5 Å². The van der Waals surface area contributed by atoms with Gasteiger partial charge in [0.2, 0.25) is 0 Å². The van der Waals surface area contributed by atoms with E-state index in [1.807, 2.05) is 12.3 Å². The second-order valence-corrected chi connectivity index (χ2v) is 4.54. The van der Waals surface area contributed by atoms with Gasteiger partial charge >= 0.3 is 0 Å². The normalized spacial score (nSPS) is 9.89. The molecule has 1 aromatic carbocycles. The lowest BCUT2D eigenvalue weighted by Crippen LogP contribution is -2.13. The Morgan fingerprint density at radius 1 is 1.33 bits per heavy atom. The number of halogens is 1. The summed E-state index contributed by atoms with van der Waals surface area (Å²) in [6.45, 7) is 3.18. The Morgan fingerprint density at radius 3 is 2.83 bits per heavy atom. The van der Waals surface area contributed by atoms with Gasteiger partial charge in [0.15, 0.2) is 0 Å². The maximum atomic E-state index is 12.8. The van der Waals surface area contributed by atoms with Gasteiger partial charge in [-0.15, -0.1) is 17.3 Å². The molecule has 1 N–H and O–H groups in total. The molecule has 0 fully saturated rings. The van der Waals surface area contributed by atoms with Crippen LogP contribution in [0.1, 0.15) is 12.6 Å². The van der Waals surface area contributed by atoms with Crippen molar-refractivity contribution >= 4 is 11.3 Å². The van der Waals surface area contributed by atoms with Crippen molar-refractivity contribution < 1.29 is 4.39 Å². The first kappa shape index (κ1) is 12.7. The van der Waals surface area contributed by atoms with Gasteiger partial charge in [-0.2, -0.15) is 0 Å². The molecule has 2 aromatic rings. The van der Waals surface area contributed by atoms with E-state index in [0.717, 1.165) is 16.3 Å². The van der Waals surface area contributed by atoms with Gasteiger partial charge in [0.05, 0.1) is 12.2 Å². The molecule has 0 aliphatic rings. The van der Waals surface area contributed by atoms with Crippen LogP contribution < -0.4 is 5.32 Å². The third-order valence-electron chi connectivity index (χ3n) is 2.34. The van der Waals surface area contributed by atoms with Crippen molar-refractivity contribution in [3.63, 3.8) is 0 Å². The molecule has 0 amide bonds. The molecule has 92 valence electrons. The Labute approximate surface area is 110 Å². The Bertz CT molecular complexity index is 563. The molecule has 0 bridgehead atoms. The van der Waals surface area contributed by atoms with Gasteiger partial charge in [-0.05, 0) is 31.2 Å². The van der Waals surface area contributed by atoms with E-state index in [-0.39, 0.29) is 5.82 Å². The zero-order valence-electron chi connectivity index (χ0n) is 10.0. The van der Waals surface area contributed by atoms with E-state index >= 15 is 0 Å². The van der Waals surface area contributed by atoms with E-state index in [9.17, 15) is 4.39 Å². The lowest BCUT2D eigenvalue weighted by molar-refractivity contribution is 0.628. The zero-order chi connectivity index (χ0) is 12.8. The van der Waals surface area contributed by atoms with Crippen LogP contribution in [-0.2, 0) is 6.54 Å². The number of rotatable bonds is 4. The van der Waals surface area contributed by atoms with Crippen molar-refractivity contribution in [1.82, 2.24) is 10.3 Å². The van der Waals surface area contributed by atoms with Crippen LogP contribution in [0, 0.1) is 17.7 Å². The zero-order valence-corrected chi connectivity index (χ0v) is 10.9. The Kier molecular flexibility index (Phi) is 4.46. The molecule has 0 saturated carbocycles. The lowest BCUT2D eigenvalue weighted by atomic mass is 10.2. The number of nitrogens with one attached hydrogen (secondary N) is 1. The Balaban J connectivity index is 2.00. The van der Waals surface area contributed by atoms with Gasteiger partial charge in [-0.1, -0.05) is 5.92 Å². The van der Waals surface area contributed by atoms with Crippen LogP contribution >= 0.6 is 11.3 Å². The molecule has 0 radical (unpaired) electrons. The molecule has 0 aliphatic heterocycles. The van der Waals surface area contributed by atoms with Crippen molar-refractivity contribution in [2.45, 2.75) is 13.5 Å². The summed E-state index contributed by atoms with van der Waals surface area (Å²) < 4.78 is 12.8. The summed E-state index contributed by atoms with van der Waals surface area (Å²) in [5.41, 5.74) is 1.93. The van der Waals surface area contributed by atoms with Crippen molar-refractivity contribution in [3.05, 3.63) is 41.2 Å². The molecule has 0 aliphatic carbocycles. The van der Waals surface area contributed by atoms with Crippen molar-refractivity contribution in [2.24, 2.45) is 0 Å². The fourth-order valence-corrected chi connectivity index (χ4v) is 2.28. The highest BCUT2D eigenvalue weighted by atomic mass is 32.1. The van der Waals surface area contributed by atoms with Gasteiger partial charge in [0, 0.05) is 17.5 Å². The monoisotopic (exact) mass is 260 g/mol. The van der Waals surface area contributed by atoms with Gasteiger partial charge < -0.3 is 5.32 Å². The van der Waals surface area contributed by atoms with Crippen LogP contribution in [0.15, 0.2) is 29.6 Å².